The summed E-state index contributed by atoms with van der Waals surface area (Å²) in [5, 5.41) is 6.65. The molecule has 0 atom stereocenters. The molecule has 2 aromatic carbocycles. The predicted octanol–water partition coefficient (Wildman–Crippen LogP) is 4.94. The molecule has 0 aliphatic heterocycles. The van der Waals surface area contributed by atoms with Crippen molar-refractivity contribution < 1.29 is 4.39 Å². The first-order chi connectivity index (χ1) is 12.5. The summed E-state index contributed by atoms with van der Waals surface area (Å²) in [6, 6.07) is 14.7. The quantitative estimate of drug-likeness (QED) is 0.661. The molecule has 3 rings (SSSR count). The summed E-state index contributed by atoms with van der Waals surface area (Å²) in [6.07, 6.45) is 0.795. The van der Waals surface area contributed by atoms with Gasteiger partial charge in [0.05, 0.1) is 0 Å². The van der Waals surface area contributed by atoms with Crippen LogP contribution in [-0.4, -0.2) is 16.5 Å². The molecule has 4 nitrogen and oxygen atoms in total. The number of aromatic nitrogens is 2. The maximum Gasteiger partial charge on any atom is 0.136 e. The summed E-state index contributed by atoms with van der Waals surface area (Å²) >= 11 is 0. The fourth-order valence-corrected chi connectivity index (χ4v) is 2.68. The Balaban J connectivity index is 1.65. The zero-order valence-electron chi connectivity index (χ0n) is 15.3. The highest BCUT2D eigenvalue weighted by Gasteiger charge is 2.04. The molecule has 2 N–H and O–H groups in total. The van der Waals surface area contributed by atoms with Crippen molar-refractivity contribution in [3.63, 3.8) is 0 Å². The van der Waals surface area contributed by atoms with Crippen molar-refractivity contribution in [3.05, 3.63) is 76.9 Å². The smallest absolute Gasteiger partial charge is 0.136 e. The third-order valence-corrected chi connectivity index (χ3v) is 4.25. The summed E-state index contributed by atoms with van der Waals surface area (Å²) in [5.41, 5.74) is 4.58. The van der Waals surface area contributed by atoms with Gasteiger partial charge in [0, 0.05) is 18.3 Å². The second-order valence-corrected chi connectivity index (χ2v) is 6.41. The van der Waals surface area contributed by atoms with Gasteiger partial charge in [0.1, 0.15) is 23.3 Å². The van der Waals surface area contributed by atoms with Crippen molar-refractivity contribution >= 4 is 17.3 Å². The number of hydrogen-bond donors (Lipinski definition) is 2. The van der Waals surface area contributed by atoms with Gasteiger partial charge >= 0.3 is 0 Å². The number of nitrogens with zero attached hydrogens (tertiary/aromatic N) is 2. The van der Waals surface area contributed by atoms with Crippen LogP contribution in [0.25, 0.3) is 0 Å². The van der Waals surface area contributed by atoms with Gasteiger partial charge < -0.3 is 10.6 Å². The molecule has 134 valence electrons. The molecule has 0 fully saturated rings. The Labute approximate surface area is 153 Å². The molecule has 1 heterocycles. The van der Waals surface area contributed by atoms with Crippen molar-refractivity contribution in [1.82, 2.24) is 9.97 Å². The highest BCUT2D eigenvalue weighted by molar-refractivity contribution is 5.60. The van der Waals surface area contributed by atoms with Gasteiger partial charge in [-0.2, -0.15) is 0 Å². The molecule has 0 aliphatic rings. The van der Waals surface area contributed by atoms with E-state index in [2.05, 4.69) is 46.6 Å². The number of halogens is 1. The molecule has 0 aliphatic carbocycles. The van der Waals surface area contributed by atoms with Crippen LogP contribution in [0.1, 0.15) is 22.5 Å². The van der Waals surface area contributed by atoms with Gasteiger partial charge in [0.25, 0.3) is 0 Å². The molecule has 0 amide bonds. The van der Waals surface area contributed by atoms with Gasteiger partial charge in [-0.15, -0.1) is 0 Å². The maximum absolute atomic E-state index is 12.9. The molecule has 0 saturated heterocycles. The van der Waals surface area contributed by atoms with Gasteiger partial charge in [-0.3, -0.25) is 0 Å². The molecule has 0 unspecified atom stereocenters. The number of nitrogens with one attached hydrogen (secondary N) is 2. The first kappa shape index (κ1) is 17.9. The van der Waals surface area contributed by atoms with Crippen LogP contribution in [0, 0.1) is 26.6 Å². The van der Waals surface area contributed by atoms with Crippen molar-refractivity contribution in [2.75, 3.05) is 17.2 Å². The van der Waals surface area contributed by atoms with Crippen LogP contribution in [0.4, 0.5) is 21.7 Å². The summed E-state index contributed by atoms with van der Waals surface area (Å²) in [6.45, 7) is 6.77. The largest absolute Gasteiger partial charge is 0.370 e. The first-order valence-corrected chi connectivity index (χ1v) is 8.68. The third kappa shape index (κ3) is 4.79. The van der Waals surface area contributed by atoms with Crippen molar-refractivity contribution in [1.29, 1.82) is 0 Å². The predicted molar refractivity (Wildman–Crippen MR) is 105 cm³/mol. The van der Waals surface area contributed by atoms with Crippen LogP contribution < -0.4 is 10.6 Å². The van der Waals surface area contributed by atoms with Gasteiger partial charge in [-0.25, -0.2) is 14.4 Å². The van der Waals surface area contributed by atoms with E-state index < -0.39 is 0 Å². The molecule has 1 aromatic heterocycles. The standard InChI is InChI=1S/C21H23FN4/c1-14-4-9-19(12-15(14)2)26-21-13-20(24-16(3)25-21)23-11-10-17-5-7-18(22)8-6-17/h4-9,12-13H,10-11H2,1-3H3,(H2,23,24,25,26). The average Bonchev–Trinajstić information content (AvgIpc) is 2.59. The monoisotopic (exact) mass is 350 g/mol. The van der Waals surface area contributed by atoms with E-state index in [1.165, 1.54) is 23.3 Å². The Morgan fingerprint density at radius 3 is 2.31 bits per heavy atom. The molecule has 0 spiro atoms. The van der Waals surface area contributed by atoms with Gasteiger partial charge in [0.15, 0.2) is 0 Å². The number of anilines is 3. The Bertz CT molecular complexity index is 891. The van der Waals surface area contributed by atoms with E-state index in [1.54, 1.807) is 12.1 Å². The van der Waals surface area contributed by atoms with Crippen LogP contribution in [-0.2, 0) is 6.42 Å². The van der Waals surface area contributed by atoms with Crippen LogP contribution in [0.15, 0.2) is 48.5 Å². The van der Waals surface area contributed by atoms with Gasteiger partial charge in [0.2, 0.25) is 0 Å². The zero-order chi connectivity index (χ0) is 18.5. The minimum Gasteiger partial charge on any atom is -0.370 e. The summed E-state index contributed by atoms with van der Waals surface area (Å²) in [7, 11) is 0. The van der Waals surface area contributed by atoms with E-state index in [1.807, 2.05) is 19.1 Å². The molecule has 3 aromatic rings. The lowest BCUT2D eigenvalue weighted by atomic mass is 10.1. The molecule has 0 saturated carbocycles. The Kier molecular flexibility index (Phi) is 5.46. The molecule has 0 radical (unpaired) electrons. The number of rotatable bonds is 6. The lowest BCUT2D eigenvalue weighted by molar-refractivity contribution is 0.627. The van der Waals surface area contributed by atoms with Crippen molar-refractivity contribution in [2.24, 2.45) is 0 Å². The first-order valence-electron chi connectivity index (χ1n) is 8.68. The number of benzene rings is 2. The summed E-state index contributed by atoms with van der Waals surface area (Å²) < 4.78 is 12.9. The molecule has 26 heavy (non-hydrogen) atoms. The normalized spacial score (nSPS) is 10.6. The molecule has 0 bridgehead atoms. The topological polar surface area (TPSA) is 49.8 Å². The Morgan fingerprint density at radius 2 is 1.58 bits per heavy atom. The van der Waals surface area contributed by atoms with E-state index in [9.17, 15) is 4.39 Å². The molecular weight excluding hydrogens is 327 g/mol. The van der Waals surface area contributed by atoms with Crippen LogP contribution >= 0.6 is 0 Å². The fourth-order valence-electron chi connectivity index (χ4n) is 2.68. The second kappa shape index (κ2) is 7.95. The number of aryl methyl sites for hydroxylation is 3. The van der Waals surface area contributed by atoms with E-state index in [-0.39, 0.29) is 5.82 Å². The maximum atomic E-state index is 12.9. The molecular formula is C21H23FN4. The lowest BCUT2D eigenvalue weighted by Crippen LogP contribution is -2.08. The van der Waals surface area contributed by atoms with E-state index >= 15 is 0 Å². The number of hydrogen-bond acceptors (Lipinski definition) is 4. The molecule has 5 heteroatoms. The van der Waals surface area contributed by atoms with Crippen LogP contribution in [0.3, 0.4) is 0 Å². The minimum atomic E-state index is -0.213. The van der Waals surface area contributed by atoms with Gasteiger partial charge in [-0.1, -0.05) is 18.2 Å². The zero-order valence-corrected chi connectivity index (χ0v) is 15.3. The average molecular weight is 350 g/mol. The lowest BCUT2D eigenvalue weighted by Gasteiger charge is -2.11. The highest BCUT2D eigenvalue weighted by atomic mass is 19.1. The third-order valence-electron chi connectivity index (χ3n) is 4.25. The SMILES string of the molecule is Cc1nc(NCCc2ccc(F)cc2)cc(Nc2ccc(C)c(C)c2)n1. The Hall–Kier alpha value is -2.95. The van der Waals surface area contributed by atoms with E-state index in [0.717, 1.165) is 29.3 Å². The van der Waals surface area contributed by atoms with Crippen molar-refractivity contribution in [3.8, 4) is 0 Å². The van der Waals surface area contributed by atoms with E-state index in [4.69, 9.17) is 0 Å². The second-order valence-electron chi connectivity index (χ2n) is 6.41. The van der Waals surface area contributed by atoms with Crippen LogP contribution in [0.2, 0.25) is 0 Å². The Morgan fingerprint density at radius 1 is 0.846 bits per heavy atom. The summed E-state index contributed by atoms with van der Waals surface area (Å²) in [4.78, 5) is 8.88. The minimum absolute atomic E-state index is 0.213. The highest BCUT2D eigenvalue weighted by Crippen LogP contribution is 2.20. The summed E-state index contributed by atoms with van der Waals surface area (Å²) in [5.74, 6) is 2.01. The fraction of sp³-hybridized carbons (Fsp3) is 0.238. The van der Waals surface area contributed by atoms with E-state index in [0.29, 0.717) is 12.4 Å². The van der Waals surface area contributed by atoms with Crippen LogP contribution in [0.5, 0.6) is 0 Å². The van der Waals surface area contributed by atoms with Gasteiger partial charge in [-0.05, 0) is 68.1 Å². The van der Waals surface area contributed by atoms with Crippen molar-refractivity contribution in [2.45, 2.75) is 27.2 Å².